The van der Waals surface area contributed by atoms with Crippen molar-refractivity contribution < 1.29 is 4.79 Å². The third-order valence-corrected chi connectivity index (χ3v) is 3.35. The van der Waals surface area contributed by atoms with Crippen LogP contribution >= 0.6 is 0 Å². The molecule has 0 aromatic carbocycles. The van der Waals surface area contributed by atoms with Gasteiger partial charge in [0.2, 0.25) is 0 Å². The van der Waals surface area contributed by atoms with Gasteiger partial charge >= 0.3 is 0 Å². The van der Waals surface area contributed by atoms with Crippen LogP contribution in [0.25, 0.3) is 0 Å². The number of aliphatic imine (C=N–C) groups is 1. The van der Waals surface area contributed by atoms with Gasteiger partial charge in [0.15, 0.2) is 0 Å². The average Bonchev–Trinajstić information content (AvgIpc) is 2.53. The molecule has 1 aliphatic rings. The number of Topliss-reactive ketones (excluding diaryl/α,β-unsaturated/α-hetero) is 1. The number of hydrogen-bond acceptors (Lipinski definition) is 3. The Hall–Kier alpha value is -0.960. The van der Waals surface area contributed by atoms with E-state index in [1.165, 1.54) is 0 Å². The molecular weight excluding hydrogens is 212 g/mol. The van der Waals surface area contributed by atoms with Crippen molar-refractivity contribution in [2.24, 2.45) is 16.8 Å². The second-order valence-electron chi connectivity index (χ2n) is 4.90. The first-order chi connectivity index (χ1) is 8.15. The molecule has 0 aliphatic carbocycles. The lowest BCUT2D eigenvalue weighted by molar-refractivity contribution is -0.124. The van der Waals surface area contributed by atoms with E-state index in [0.717, 1.165) is 32.4 Å². The Labute approximate surface area is 105 Å². The van der Waals surface area contributed by atoms with Crippen LogP contribution in [-0.2, 0) is 4.79 Å². The van der Waals surface area contributed by atoms with E-state index in [4.69, 9.17) is 0 Å². The van der Waals surface area contributed by atoms with E-state index in [1.54, 1.807) is 12.4 Å². The van der Waals surface area contributed by atoms with Gasteiger partial charge in [0, 0.05) is 18.3 Å². The van der Waals surface area contributed by atoms with Crippen LogP contribution < -0.4 is 0 Å². The molecule has 96 valence electrons. The summed E-state index contributed by atoms with van der Waals surface area (Å²) in [5.74, 6) is 0.528. The van der Waals surface area contributed by atoms with E-state index in [1.807, 2.05) is 19.9 Å². The molecule has 1 rings (SSSR count). The molecule has 3 heteroatoms. The highest BCUT2D eigenvalue weighted by molar-refractivity contribution is 5.96. The molecule has 0 spiro atoms. The van der Waals surface area contributed by atoms with Crippen molar-refractivity contribution in [3.63, 3.8) is 0 Å². The first kappa shape index (κ1) is 14.1. The zero-order chi connectivity index (χ0) is 12.7. The van der Waals surface area contributed by atoms with Gasteiger partial charge in [-0.2, -0.15) is 0 Å². The third-order valence-electron chi connectivity index (χ3n) is 3.35. The largest absolute Gasteiger partial charge is 0.306 e. The molecule has 0 bridgehead atoms. The maximum Gasteiger partial charge on any atom is 0.144 e. The highest BCUT2D eigenvalue weighted by Crippen LogP contribution is 2.20. The van der Waals surface area contributed by atoms with Crippen LogP contribution in [-0.4, -0.2) is 37.0 Å². The number of hydrogen-bond donors (Lipinski definition) is 0. The Balaban J connectivity index is 2.50. The van der Waals surface area contributed by atoms with Crippen molar-refractivity contribution in [3.05, 3.63) is 12.3 Å². The fourth-order valence-electron chi connectivity index (χ4n) is 2.23. The zero-order valence-electron chi connectivity index (χ0n) is 11.2. The molecule has 0 saturated carbocycles. The number of likely N-dealkylation sites (tertiary alicyclic amines) is 1. The fourth-order valence-corrected chi connectivity index (χ4v) is 2.23. The van der Waals surface area contributed by atoms with E-state index < -0.39 is 0 Å². The van der Waals surface area contributed by atoms with Gasteiger partial charge in [-0.25, -0.2) is 0 Å². The molecule has 2 atom stereocenters. The Morgan fingerprint density at radius 1 is 1.41 bits per heavy atom. The number of carbonyl (C=O) groups is 1. The third kappa shape index (κ3) is 4.82. The van der Waals surface area contributed by atoms with Gasteiger partial charge in [-0.05, 0) is 46.3 Å². The second-order valence-corrected chi connectivity index (χ2v) is 4.90. The number of allylic oxidation sites excluding steroid dienone is 1. The lowest BCUT2D eigenvalue weighted by Crippen LogP contribution is -2.24. The molecule has 0 aromatic heterocycles. The predicted molar refractivity (Wildman–Crippen MR) is 72.3 cm³/mol. The summed E-state index contributed by atoms with van der Waals surface area (Å²) in [5.41, 5.74) is 0. The van der Waals surface area contributed by atoms with Crippen LogP contribution in [0.15, 0.2) is 17.3 Å². The summed E-state index contributed by atoms with van der Waals surface area (Å²) in [6, 6.07) is 0. The van der Waals surface area contributed by atoms with E-state index in [2.05, 4.69) is 16.9 Å². The van der Waals surface area contributed by atoms with E-state index in [0.29, 0.717) is 5.78 Å². The number of carbonyl (C=O) groups excluding carboxylic acids is 1. The van der Waals surface area contributed by atoms with Crippen molar-refractivity contribution in [3.8, 4) is 0 Å². The van der Waals surface area contributed by atoms with Crippen molar-refractivity contribution in [2.45, 2.75) is 33.1 Å². The summed E-state index contributed by atoms with van der Waals surface area (Å²) in [6.45, 7) is 6.02. The quantitative estimate of drug-likeness (QED) is 0.703. The highest BCUT2D eigenvalue weighted by Gasteiger charge is 2.24. The van der Waals surface area contributed by atoms with Crippen molar-refractivity contribution >= 4 is 12.0 Å². The second kappa shape index (κ2) is 7.38. The van der Waals surface area contributed by atoms with Crippen LogP contribution in [0, 0.1) is 11.8 Å². The molecule has 0 amide bonds. The molecule has 3 nitrogen and oxygen atoms in total. The highest BCUT2D eigenvalue weighted by atomic mass is 16.1. The van der Waals surface area contributed by atoms with Crippen molar-refractivity contribution in [2.75, 3.05) is 20.1 Å². The molecule has 17 heavy (non-hydrogen) atoms. The number of nitrogens with zero attached hydrogens (tertiary/aromatic N) is 2. The molecule has 0 radical (unpaired) electrons. The minimum atomic E-state index is -0.0559. The molecule has 0 aromatic rings. The van der Waals surface area contributed by atoms with Crippen LogP contribution in [0.5, 0.6) is 0 Å². The Bertz CT molecular complexity index is 297. The van der Waals surface area contributed by atoms with Crippen LogP contribution in [0.2, 0.25) is 0 Å². The van der Waals surface area contributed by atoms with Crippen molar-refractivity contribution in [1.29, 1.82) is 0 Å². The van der Waals surface area contributed by atoms with Crippen LogP contribution in [0.1, 0.15) is 33.1 Å². The Morgan fingerprint density at radius 2 is 2.18 bits per heavy atom. The lowest BCUT2D eigenvalue weighted by atomic mass is 9.89. The standard InChI is InChI=1S/C14H24N2O/c1-4-8-15-11-12(2)14(17)13-6-5-9-16(3)10-7-13/h4,8,11-13H,5-7,9-10H2,1-3H3/b8-4-,15-11?/t12-,13?/m0/s1. The number of ketones is 1. The molecule has 1 saturated heterocycles. The Kier molecular flexibility index (Phi) is 6.12. The summed E-state index contributed by atoms with van der Waals surface area (Å²) in [6.07, 6.45) is 8.52. The summed E-state index contributed by atoms with van der Waals surface area (Å²) in [4.78, 5) is 18.6. The smallest absolute Gasteiger partial charge is 0.144 e. The van der Waals surface area contributed by atoms with Gasteiger partial charge in [-0.15, -0.1) is 0 Å². The normalized spacial score (nSPS) is 25.2. The molecule has 1 heterocycles. The maximum absolute atomic E-state index is 12.2. The first-order valence-corrected chi connectivity index (χ1v) is 6.52. The van der Waals surface area contributed by atoms with Gasteiger partial charge < -0.3 is 4.90 Å². The zero-order valence-corrected chi connectivity index (χ0v) is 11.2. The molecule has 0 N–H and O–H groups in total. The first-order valence-electron chi connectivity index (χ1n) is 6.52. The summed E-state index contributed by atoms with van der Waals surface area (Å²) in [7, 11) is 2.13. The van der Waals surface area contributed by atoms with E-state index >= 15 is 0 Å². The van der Waals surface area contributed by atoms with E-state index in [-0.39, 0.29) is 11.8 Å². The van der Waals surface area contributed by atoms with Gasteiger partial charge in [-0.1, -0.05) is 13.0 Å². The van der Waals surface area contributed by atoms with Gasteiger partial charge in [0.05, 0.1) is 5.92 Å². The predicted octanol–water partition coefficient (Wildman–Crippen LogP) is 2.53. The molecule has 1 unspecified atom stereocenters. The van der Waals surface area contributed by atoms with E-state index in [9.17, 15) is 4.79 Å². The monoisotopic (exact) mass is 236 g/mol. The topological polar surface area (TPSA) is 32.7 Å². The molecular formula is C14H24N2O. The molecule has 1 aliphatic heterocycles. The Morgan fingerprint density at radius 3 is 2.88 bits per heavy atom. The average molecular weight is 236 g/mol. The fraction of sp³-hybridized carbons (Fsp3) is 0.714. The molecule has 1 fully saturated rings. The minimum Gasteiger partial charge on any atom is -0.306 e. The number of rotatable bonds is 4. The van der Waals surface area contributed by atoms with Crippen LogP contribution in [0.3, 0.4) is 0 Å². The van der Waals surface area contributed by atoms with Gasteiger partial charge in [-0.3, -0.25) is 9.79 Å². The minimum absolute atomic E-state index is 0.0559. The van der Waals surface area contributed by atoms with Gasteiger partial charge in [0.25, 0.3) is 0 Å². The summed E-state index contributed by atoms with van der Waals surface area (Å²) < 4.78 is 0. The summed E-state index contributed by atoms with van der Waals surface area (Å²) >= 11 is 0. The van der Waals surface area contributed by atoms with Gasteiger partial charge in [0.1, 0.15) is 5.78 Å². The maximum atomic E-state index is 12.2. The summed E-state index contributed by atoms with van der Waals surface area (Å²) in [5, 5.41) is 0. The van der Waals surface area contributed by atoms with Crippen molar-refractivity contribution in [1.82, 2.24) is 4.90 Å². The van der Waals surface area contributed by atoms with Crippen LogP contribution in [0.4, 0.5) is 0 Å². The lowest BCUT2D eigenvalue weighted by Gasteiger charge is -2.15. The SMILES string of the molecule is C/C=C\N=C[C@H](C)C(=O)C1CCCN(C)CC1.